The van der Waals surface area contributed by atoms with Crippen LogP contribution in [0.4, 0.5) is 4.79 Å². The van der Waals surface area contributed by atoms with Gasteiger partial charge in [-0.3, -0.25) is 0 Å². The molecule has 0 saturated carbocycles. The topological polar surface area (TPSA) is 60.2 Å². The molecule has 2 rings (SSSR count). The van der Waals surface area contributed by atoms with Gasteiger partial charge in [-0.1, -0.05) is 5.21 Å². The van der Waals surface area contributed by atoms with Crippen molar-refractivity contribution < 1.29 is 9.53 Å². The van der Waals surface area contributed by atoms with E-state index in [9.17, 15) is 4.79 Å². The molecule has 7 heteroatoms. The molecule has 0 aliphatic carbocycles. The number of aromatic nitrogens is 3. The van der Waals surface area contributed by atoms with E-state index in [0.717, 1.165) is 16.5 Å². The monoisotopic (exact) mass is 378 g/mol. The molecule has 0 atom stereocenters. The Kier molecular flexibility index (Phi) is 4.32. The molecule has 1 aliphatic rings. The van der Waals surface area contributed by atoms with E-state index < -0.39 is 5.60 Å². The second-order valence-electron chi connectivity index (χ2n) is 5.70. The maximum absolute atomic E-state index is 11.9. The highest BCUT2D eigenvalue weighted by Crippen LogP contribution is 2.24. The highest BCUT2D eigenvalue weighted by atomic mass is 127. The number of likely N-dealkylation sites (tertiary alicyclic amines) is 1. The van der Waals surface area contributed by atoms with Gasteiger partial charge in [0.15, 0.2) is 0 Å². The van der Waals surface area contributed by atoms with Gasteiger partial charge in [-0.05, 0) is 56.2 Å². The maximum atomic E-state index is 11.9. The van der Waals surface area contributed by atoms with E-state index in [1.54, 1.807) is 11.1 Å². The highest BCUT2D eigenvalue weighted by molar-refractivity contribution is 14.1. The summed E-state index contributed by atoms with van der Waals surface area (Å²) in [6.07, 6.45) is 3.30. The standard InChI is InChI=1S/C12H19IN4O2/c1-12(2,3)19-11(18)16-6-4-9(5-7-16)17-10(13)8-14-15-17/h8-9H,4-7H2,1-3H3. The van der Waals surface area contributed by atoms with E-state index in [2.05, 4.69) is 32.9 Å². The van der Waals surface area contributed by atoms with Crippen LogP contribution in [0.5, 0.6) is 0 Å². The van der Waals surface area contributed by atoms with Crippen molar-refractivity contribution in [2.75, 3.05) is 13.1 Å². The zero-order valence-electron chi connectivity index (χ0n) is 11.5. The number of hydrogen-bond acceptors (Lipinski definition) is 4. The van der Waals surface area contributed by atoms with Gasteiger partial charge in [-0.25, -0.2) is 9.48 Å². The van der Waals surface area contributed by atoms with Gasteiger partial charge < -0.3 is 9.64 Å². The molecular formula is C12H19IN4O2. The molecular weight excluding hydrogens is 359 g/mol. The summed E-state index contributed by atoms with van der Waals surface area (Å²) in [6, 6.07) is 0.327. The molecule has 1 amide bonds. The summed E-state index contributed by atoms with van der Waals surface area (Å²) in [5.74, 6) is 0. The van der Waals surface area contributed by atoms with Crippen molar-refractivity contribution in [2.45, 2.75) is 45.3 Å². The van der Waals surface area contributed by atoms with Crippen LogP contribution in [0.15, 0.2) is 6.20 Å². The second-order valence-corrected chi connectivity index (χ2v) is 6.81. The zero-order valence-corrected chi connectivity index (χ0v) is 13.6. The Hall–Kier alpha value is -0.860. The third-order valence-electron chi connectivity index (χ3n) is 2.99. The number of piperidine rings is 1. The minimum Gasteiger partial charge on any atom is -0.444 e. The predicted octanol–water partition coefficient (Wildman–Crippen LogP) is 2.45. The molecule has 6 nitrogen and oxygen atoms in total. The fraction of sp³-hybridized carbons (Fsp3) is 0.750. The number of carbonyl (C=O) groups excluding carboxylic acids is 1. The van der Waals surface area contributed by atoms with Crippen LogP contribution in [0.2, 0.25) is 0 Å². The SMILES string of the molecule is CC(C)(C)OC(=O)N1CCC(n2nncc2I)CC1. The quantitative estimate of drug-likeness (QED) is 0.705. The van der Waals surface area contributed by atoms with Crippen molar-refractivity contribution in [3.8, 4) is 0 Å². The van der Waals surface area contributed by atoms with E-state index in [1.165, 1.54) is 0 Å². The van der Waals surface area contributed by atoms with Gasteiger partial charge in [0.1, 0.15) is 9.30 Å². The first-order valence-electron chi connectivity index (χ1n) is 6.40. The van der Waals surface area contributed by atoms with Gasteiger partial charge in [0, 0.05) is 13.1 Å². The Balaban J connectivity index is 1.89. The summed E-state index contributed by atoms with van der Waals surface area (Å²) in [5.41, 5.74) is -0.435. The number of carbonyl (C=O) groups is 1. The normalized spacial score (nSPS) is 17.6. The lowest BCUT2D eigenvalue weighted by atomic mass is 10.1. The van der Waals surface area contributed by atoms with Gasteiger partial charge >= 0.3 is 6.09 Å². The van der Waals surface area contributed by atoms with Crippen LogP contribution >= 0.6 is 22.6 Å². The van der Waals surface area contributed by atoms with E-state index >= 15 is 0 Å². The van der Waals surface area contributed by atoms with Gasteiger partial charge in [-0.15, -0.1) is 5.10 Å². The van der Waals surface area contributed by atoms with Crippen molar-refractivity contribution in [3.63, 3.8) is 0 Å². The summed E-state index contributed by atoms with van der Waals surface area (Å²) >= 11 is 2.23. The summed E-state index contributed by atoms with van der Waals surface area (Å²) in [4.78, 5) is 13.7. The van der Waals surface area contributed by atoms with Crippen molar-refractivity contribution in [1.82, 2.24) is 19.9 Å². The largest absolute Gasteiger partial charge is 0.444 e. The van der Waals surface area contributed by atoms with Gasteiger partial charge in [0.05, 0.1) is 12.2 Å². The van der Waals surface area contributed by atoms with E-state index in [1.807, 2.05) is 25.5 Å². The summed E-state index contributed by atoms with van der Waals surface area (Å²) in [6.45, 7) is 7.06. The molecule has 0 bridgehead atoms. The molecule has 0 aromatic carbocycles. The number of nitrogens with zero attached hydrogens (tertiary/aromatic N) is 4. The Bertz CT molecular complexity index is 447. The average molecular weight is 378 g/mol. The van der Waals surface area contributed by atoms with Gasteiger partial charge in [0.25, 0.3) is 0 Å². The molecule has 19 heavy (non-hydrogen) atoms. The Morgan fingerprint density at radius 2 is 2.05 bits per heavy atom. The lowest BCUT2D eigenvalue weighted by molar-refractivity contribution is 0.0183. The third-order valence-corrected chi connectivity index (χ3v) is 3.77. The second kappa shape index (κ2) is 5.64. The Labute approximate surface area is 126 Å². The lowest BCUT2D eigenvalue weighted by Crippen LogP contribution is -2.42. The molecule has 1 aromatic rings. The van der Waals surface area contributed by atoms with Crippen LogP contribution in [-0.4, -0.2) is 44.7 Å². The maximum Gasteiger partial charge on any atom is 0.410 e. The summed E-state index contributed by atoms with van der Waals surface area (Å²) in [5, 5.41) is 7.99. The predicted molar refractivity (Wildman–Crippen MR) is 78.8 cm³/mol. The van der Waals surface area contributed by atoms with Crippen LogP contribution in [-0.2, 0) is 4.74 Å². The van der Waals surface area contributed by atoms with Gasteiger partial charge in [-0.2, -0.15) is 0 Å². The van der Waals surface area contributed by atoms with Crippen LogP contribution in [0.1, 0.15) is 39.7 Å². The van der Waals surface area contributed by atoms with E-state index in [0.29, 0.717) is 19.1 Å². The summed E-state index contributed by atoms with van der Waals surface area (Å²) < 4.78 is 8.35. The first kappa shape index (κ1) is 14.5. The molecule has 0 radical (unpaired) electrons. The third kappa shape index (κ3) is 3.80. The van der Waals surface area contributed by atoms with Crippen molar-refractivity contribution in [1.29, 1.82) is 0 Å². The number of rotatable bonds is 1. The van der Waals surface area contributed by atoms with E-state index in [-0.39, 0.29) is 6.09 Å². The average Bonchev–Trinajstić information content (AvgIpc) is 2.73. The molecule has 2 heterocycles. The van der Waals surface area contributed by atoms with Crippen LogP contribution in [0, 0.1) is 3.70 Å². The minimum atomic E-state index is -0.435. The molecule has 0 unspecified atom stereocenters. The van der Waals surface area contributed by atoms with Crippen LogP contribution < -0.4 is 0 Å². The molecule has 1 fully saturated rings. The summed E-state index contributed by atoms with van der Waals surface area (Å²) in [7, 11) is 0. The highest BCUT2D eigenvalue weighted by Gasteiger charge is 2.28. The molecule has 1 aromatic heterocycles. The van der Waals surface area contributed by atoms with Crippen LogP contribution in [0.25, 0.3) is 0 Å². The fourth-order valence-electron chi connectivity index (χ4n) is 2.10. The fourth-order valence-corrected chi connectivity index (χ4v) is 2.71. The first-order chi connectivity index (χ1) is 8.87. The number of halogens is 1. The molecule has 0 spiro atoms. The zero-order chi connectivity index (χ0) is 14.0. The van der Waals surface area contributed by atoms with Gasteiger partial charge in [0.2, 0.25) is 0 Å². The smallest absolute Gasteiger partial charge is 0.410 e. The van der Waals surface area contributed by atoms with Crippen molar-refractivity contribution in [3.05, 3.63) is 9.90 Å². The van der Waals surface area contributed by atoms with Crippen molar-refractivity contribution in [2.24, 2.45) is 0 Å². The molecule has 1 saturated heterocycles. The minimum absolute atomic E-state index is 0.223. The number of amides is 1. The first-order valence-corrected chi connectivity index (χ1v) is 7.48. The number of hydrogen-bond donors (Lipinski definition) is 0. The van der Waals surface area contributed by atoms with Crippen molar-refractivity contribution >= 4 is 28.7 Å². The Morgan fingerprint density at radius 3 is 2.53 bits per heavy atom. The Morgan fingerprint density at radius 1 is 1.42 bits per heavy atom. The molecule has 106 valence electrons. The van der Waals surface area contributed by atoms with E-state index in [4.69, 9.17) is 4.74 Å². The lowest BCUT2D eigenvalue weighted by Gasteiger charge is -2.33. The molecule has 0 N–H and O–H groups in total. The number of ether oxygens (including phenoxy) is 1. The molecule has 1 aliphatic heterocycles. The van der Waals surface area contributed by atoms with Crippen LogP contribution in [0.3, 0.4) is 0 Å².